The van der Waals surface area contributed by atoms with Gasteiger partial charge in [-0.2, -0.15) is 0 Å². The maximum absolute atomic E-state index is 12.7. The van der Waals surface area contributed by atoms with Crippen LogP contribution in [0.2, 0.25) is 0 Å². The Hall–Kier alpha value is -2.68. The molecule has 3 nitrogen and oxygen atoms in total. The highest BCUT2D eigenvalue weighted by atomic mass is 16.1. The van der Waals surface area contributed by atoms with Crippen LogP contribution in [0.25, 0.3) is 10.9 Å². The van der Waals surface area contributed by atoms with Crippen molar-refractivity contribution in [1.29, 1.82) is 0 Å². The molecule has 3 rings (SSSR count). The van der Waals surface area contributed by atoms with E-state index in [0.29, 0.717) is 11.1 Å². The van der Waals surface area contributed by atoms with E-state index in [-0.39, 0.29) is 5.78 Å². The highest BCUT2D eigenvalue weighted by molar-refractivity contribution is 6.16. The lowest BCUT2D eigenvalue weighted by molar-refractivity contribution is 0.104. The number of pyridine rings is 1. The summed E-state index contributed by atoms with van der Waals surface area (Å²) in [5.74, 6) is 0.0268. The molecule has 3 aromatic rings. The number of hydrogen-bond acceptors (Lipinski definition) is 3. The van der Waals surface area contributed by atoms with Crippen molar-refractivity contribution >= 4 is 22.4 Å². The van der Waals surface area contributed by atoms with Gasteiger partial charge in [0.15, 0.2) is 5.78 Å². The molecular formula is C18H16N2O. The van der Waals surface area contributed by atoms with E-state index in [1.54, 1.807) is 6.20 Å². The van der Waals surface area contributed by atoms with Crippen molar-refractivity contribution in [1.82, 2.24) is 4.98 Å². The second-order valence-corrected chi connectivity index (χ2v) is 5.15. The lowest BCUT2D eigenvalue weighted by Crippen LogP contribution is -2.09. The van der Waals surface area contributed by atoms with E-state index in [9.17, 15) is 4.79 Å². The highest BCUT2D eigenvalue weighted by Crippen LogP contribution is 2.21. The molecule has 0 aliphatic carbocycles. The van der Waals surface area contributed by atoms with Crippen molar-refractivity contribution in [2.45, 2.75) is 0 Å². The standard InChI is InChI=1S/C18H16N2O/c1-20(2)14-10-8-13(9-11-14)18(21)16-5-3-7-17-15(16)6-4-12-19-17/h3-12H,1-2H3. The van der Waals surface area contributed by atoms with Crippen LogP contribution in [0.1, 0.15) is 15.9 Å². The van der Waals surface area contributed by atoms with Crippen LogP contribution in [0, 0.1) is 0 Å². The van der Waals surface area contributed by atoms with Gasteiger partial charge in [-0.3, -0.25) is 9.78 Å². The van der Waals surface area contributed by atoms with Gasteiger partial charge in [0, 0.05) is 42.5 Å². The first-order valence-electron chi connectivity index (χ1n) is 6.82. The SMILES string of the molecule is CN(C)c1ccc(C(=O)c2cccc3ncccc23)cc1. The molecule has 0 bridgehead atoms. The fourth-order valence-electron chi connectivity index (χ4n) is 2.37. The summed E-state index contributed by atoms with van der Waals surface area (Å²) in [6.07, 6.45) is 1.74. The first kappa shape index (κ1) is 13.3. The second kappa shape index (κ2) is 5.37. The lowest BCUT2D eigenvalue weighted by Gasteiger charge is -2.12. The Kier molecular flexibility index (Phi) is 3.40. The topological polar surface area (TPSA) is 33.2 Å². The van der Waals surface area contributed by atoms with E-state index in [4.69, 9.17) is 0 Å². The molecule has 104 valence electrons. The number of aromatic nitrogens is 1. The van der Waals surface area contributed by atoms with E-state index in [2.05, 4.69) is 4.98 Å². The molecule has 0 N–H and O–H groups in total. The van der Waals surface area contributed by atoms with Gasteiger partial charge in [0.25, 0.3) is 0 Å². The molecule has 2 aromatic carbocycles. The number of benzene rings is 2. The fraction of sp³-hybridized carbons (Fsp3) is 0.111. The first-order chi connectivity index (χ1) is 10.2. The van der Waals surface area contributed by atoms with E-state index < -0.39 is 0 Å². The van der Waals surface area contributed by atoms with Crippen molar-refractivity contribution in [3.63, 3.8) is 0 Å². The largest absolute Gasteiger partial charge is 0.378 e. The van der Waals surface area contributed by atoms with Crippen molar-refractivity contribution in [3.05, 3.63) is 71.9 Å². The zero-order valence-corrected chi connectivity index (χ0v) is 12.1. The van der Waals surface area contributed by atoms with Gasteiger partial charge >= 0.3 is 0 Å². The first-order valence-corrected chi connectivity index (χ1v) is 6.82. The number of carbonyl (C=O) groups is 1. The Balaban J connectivity index is 2.04. The molecule has 0 unspecified atom stereocenters. The van der Waals surface area contributed by atoms with Crippen molar-refractivity contribution in [2.24, 2.45) is 0 Å². The summed E-state index contributed by atoms with van der Waals surface area (Å²) in [4.78, 5) is 19.0. The average Bonchev–Trinajstić information content (AvgIpc) is 2.53. The van der Waals surface area contributed by atoms with E-state index >= 15 is 0 Å². The van der Waals surface area contributed by atoms with E-state index in [1.165, 1.54) is 0 Å². The third kappa shape index (κ3) is 2.50. The van der Waals surface area contributed by atoms with Gasteiger partial charge in [-0.15, -0.1) is 0 Å². The van der Waals surface area contributed by atoms with E-state index in [0.717, 1.165) is 16.6 Å². The summed E-state index contributed by atoms with van der Waals surface area (Å²) >= 11 is 0. The molecule has 0 fully saturated rings. The normalized spacial score (nSPS) is 10.6. The molecule has 0 spiro atoms. The number of carbonyl (C=O) groups excluding carboxylic acids is 1. The zero-order chi connectivity index (χ0) is 14.8. The van der Waals surface area contributed by atoms with Gasteiger partial charge < -0.3 is 4.90 Å². The molecule has 0 amide bonds. The number of nitrogens with zero attached hydrogens (tertiary/aromatic N) is 2. The Morgan fingerprint density at radius 3 is 2.43 bits per heavy atom. The van der Waals surface area contributed by atoms with Gasteiger partial charge in [-0.05, 0) is 36.4 Å². The molecule has 0 radical (unpaired) electrons. The Bertz CT molecular complexity index is 786. The van der Waals surface area contributed by atoms with Crippen molar-refractivity contribution < 1.29 is 4.79 Å². The maximum Gasteiger partial charge on any atom is 0.193 e. The van der Waals surface area contributed by atoms with Crippen LogP contribution >= 0.6 is 0 Å². The predicted molar refractivity (Wildman–Crippen MR) is 85.9 cm³/mol. The summed E-state index contributed by atoms with van der Waals surface area (Å²) in [7, 11) is 3.96. The second-order valence-electron chi connectivity index (χ2n) is 5.15. The monoisotopic (exact) mass is 276 g/mol. The molecule has 21 heavy (non-hydrogen) atoms. The lowest BCUT2D eigenvalue weighted by atomic mass is 9.99. The van der Waals surface area contributed by atoms with Crippen LogP contribution in [0.4, 0.5) is 5.69 Å². The molecule has 1 heterocycles. The zero-order valence-electron chi connectivity index (χ0n) is 12.1. The van der Waals surface area contributed by atoms with Crippen LogP contribution in [-0.4, -0.2) is 24.9 Å². The Morgan fingerprint density at radius 1 is 0.952 bits per heavy atom. The third-order valence-electron chi connectivity index (χ3n) is 3.54. The van der Waals surface area contributed by atoms with Gasteiger partial charge in [0.1, 0.15) is 0 Å². The molecular weight excluding hydrogens is 260 g/mol. The maximum atomic E-state index is 12.7. The molecule has 0 aliphatic heterocycles. The number of rotatable bonds is 3. The van der Waals surface area contributed by atoms with Gasteiger partial charge in [-0.1, -0.05) is 18.2 Å². The van der Waals surface area contributed by atoms with Crippen LogP contribution in [0.3, 0.4) is 0 Å². The summed E-state index contributed by atoms with van der Waals surface area (Å²) in [6.45, 7) is 0. The van der Waals surface area contributed by atoms with Crippen LogP contribution < -0.4 is 4.90 Å². The van der Waals surface area contributed by atoms with Gasteiger partial charge in [-0.25, -0.2) is 0 Å². The number of hydrogen-bond donors (Lipinski definition) is 0. The van der Waals surface area contributed by atoms with Crippen LogP contribution in [0.15, 0.2) is 60.8 Å². The summed E-state index contributed by atoms with van der Waals surface area (Å²) in [5, 5.41) is 0.890. The minimum Gasteiger partial charge on any atom is -0.378 e. The molecule has 3 heteroatoms. The summed E-state index contributed by atoms with van der Waals surface area (Å²) in [5.41, 5.74) is 3.30. The minimum atomic E-state index is 0.0268. The van der Waals surface area contributed by atoms with Crippen molar-refractivity contribution in [3.8, 4) is 0 Å². The van der Waals surface area contributed by atoms with Gasteiger partial charge in [0.05, 0.1) is 5.52 Å². The fourth-order valence-corrected chi connectivity index (χ4v) is 2.37. The third-order valence-corrected chi connectivity index (χ3v) is 3.54. The molecule has 1 aromatic heterocycles. The van der Waals surface area contributed by atoms with Crippen LogP contribution in [0.5, 0.6) is 0 Å². The molecule has 0 atom stereocenters. The van der Waals surface area contributed by atoms with Crippen molar-refractivity contribution in [2.75, 3.05) is 19.0 Å². The Labute approximate surface area is 123 Å². The smallest absolute Gasteiger partial charge is 0.193 e. The summed E-state index contributed by atoms with van der Waals surface area (Å²) < 4.78 is 0. The number of anilines is 1. The molecule has 0 saturated heterocycles. The Morgan fingerprint density at radius 2 is 1.71 bits per heavy atom. The highest BCUT2D eigenvalue weighted by Gasteiger charge is 2.12. The predicted octanol–water partition coefficient (Wildman–Crippen LogP) is 3.53. The minimum absolute atomic E-state index is 0.0268. The average molecular weight is 276 g/mol. The molecule has 0 aliphatic rings. The number of ketones is 1. The quantitative estimate of drug-likeness (QED) is 0.686. The van der Waals surface area contributed by atoms with Crippen LogP contribution in [-0.2, 0) is 0 Å². The molecule has 0 saturated carbocycles. The van der Waals surface area contributed by atoms with Gasteiger partial charge in [0.2, 0.25) is 0 Å². The number of fused-ring (bicyclic) bond motifs is 1. The summed E-state index contributed by atoms with van der Waals surface area (Å²) in [6, 6.07) is 17.1. The van der Waals surface area contributed by atoms with E-state index in [1.807, 2.05) is 73.6 Å².